The minimum absolute atomic E-state index is 0.479. The fourth-order valence-corrected chi connectivity index (χ4v) is 1.13. The molecule has 1 aromatic rings. The standard InChI is InChI=1S/C7H11BrN4/c1-3-12(2)7-10-5(8)4-6(9)11-7/h4H,3H2,1-2H3,(H2,9,10,11). The summed E-state index contributed by atoms with van der Waals surface area (Å²) in [5.74, 6) is 1.12. The van der Waals surface area contributed by atoms with Crippen LogP contribution in [0, 0.1) is 0 Å². The molecule has 0 saturated heterocycles. The van der Waals surface area contributed by atoms with Gasteiger partial charge in [0.15, 0.2) is 0 Å². The van der Waals surface area contributed by atoms with Gasteiger partial charge in [-0.2, -0.15) is 4.98 Å². The molecular formula is C7H11BrN4. The molecule has 0 aromatic carbocycles. The molecule has 2 N–H and O–H groups in total. The molecule has 0 spiro atoms. The largest absolute Gasteiger partial charge is 0.383 e. The maximum Gasteiger partial charge on any atom is 0.228 e. The Labute approximate surface area is 79.9 Å². The van der Waals surface area contributed by atoms with Crippen molar-refractivity contribution in [2.24, 2.45) is 0 Å². The second-order valence-electron chi connectivity index (χ2n) is 2.43. The Hall–Kier alpha value is -0.840. The van der Waals surface area contributed by atoms with Gasteiger partial charge in [0.25, 0.3) is 0 Å². The van der Waals surface area contributed by atoms with E-state index in [1.54, 1.807) is 6.07 Å². The van der Waals surface area contributed by atoms with E-state index in [1.807, 2.05) is 18.9 Å². The van der Waals surface area contributed by atoms with Crippen LogP contribution in [0.3, 0.4) is 0 Å². The van der Waals surface area contributed by atoms with Gasteiger partial charge in [-0.05, 0) is 22.9 Å². The predicted octanol–water partition coefficient (Wildman–Crippen LogP) is 1.28. The average molecular weight is 231 g/mol. The molecule has 0 fully saturated rings. The topological polar surface area (TPSA) is 55.0 Å². The highest BCUT2D eigenvalue weighted by molar-refractivity contribution is 9.10. The van der Waals surface area contributed by atoms with E-state index in [0.29, 0.717) is 16.4 Å². The Morgan fingerprint density at radius 2 is 2.25 bits per heavy atom. The van der Waals surface area contributed by atoms with E-state index in [2.05, 4.69) is 25.9 Å². The molecule has 12 heavy (non-hydrogen) atoms. The zero-order valence-corrected chi connectivity index (χ0v) is 8.67. The van der Waals surface area contributed by atoms with Gasteiger partial charge in [-0.15, -0.1) is 0 Å². The van der Waals surface area contributed by atoms with Crippen molar-refractivity contribution in [2.75, 3.05) is 24.2 Å². The highest BCUT2D eigenvalue weighted by Gasteiger charge is 2.03. The predicted molar refractivity (Wildman–Crippen MR) is 53.1 cm³/mol. The Morgan fingerprint density at radius 3 is 2.75 bits per heavy atom. The van der Waals surface area contributed by atoms with Crippen molar-refractivity contribution in [2.45, 2.75) is 6.92 Å². The lowest BCUT2D eigenvalue weighted by Crippen LogP contribution is -2.19. The SMILES string of the molecule is CCN(C)c1nc(N)cc(Br)n1. The van der Waals surface area contributed by atoms with Gasteiger partial charge in [-0.25, -0.2) is 4.98 Å². The highest BCUT2D eigenvalue weighted by Crippen LogP contribution is 2.14. The van der Waals surface area contributed by atoms with Crippen LogP contribution in [0.4, 0.5) is 11.8 Å². The third-order valence-electron chi connectivity index (χ3n) is 1.52. The Morgan fingerprint density at radius 1 is 1.58 bits per heavy atom. The summed E-state index contributed by atoms with van der Waals surface area (Å²) in [6, 6.07) is 1.67. The van der Waals surface area contributed by atoms with E-state index < -0.39 is 0 Å². The minimum atomic E-state index is 0.479. The fourth-order valence-electron chi connectivity index (χ4n) is 0.735. The summed E-state index contributed by atoms with van der Waals surface area (Å²) in [7, 11) is 1.92. The first-order valence-corrected chi connectivity index (χ1v) is 4.44. The van der Waals surface area contributed by atoms with Crippen LogP contribution < -0.4 is 10.6 Å². The molecule has 0 amide bonds. The first-order valence-electron chi connectivity index (χ1n) is 3.64. The lowest BCUT2D eigenvalue weighted by molar-refractivity contribution is 0.899. The van der Waals surface area contributed by atoms with Gasteiger partial charge in [-0.1, -0.05) is 0 Å². The van der Waals surface area contributed by atoms with Crippen molar-refractivity contribution in [1.82, 2.24) is 9.97 Å². The number of anilines is 2. The molecular weight excluding hydrogens is 220 g/mol. The number of hydrogen-bond donors (Lipinski definition) is 1. The third-order valence-corrected chi connectivity index (χ3v) is 1.92. The Balaban J connectivity index is 3.00. The van der Waals surface area contributed by atoms with Crippen LogP contribution in [0.15, 0.2) is 10.7 Å². The zero-order valence-electron chi connectivity index (χ0n) is 7.08. The summed E-state index contributed by atoms with van der Waals surface area (Å²) >= 11 is 3.25. The summed E-state index contributed by atoms with van der Waals surface area (Å²) < 4.78 is 0.713. The van der Waals surface area contributed by atoms with Crippen LogP contribution in [-0.2, 0) is 0 Å². The van der Waals surface area contributed by atoms with Crippen molar-refractivity contribution in [3.63, 3.8) is 0 Å². The summed E-state index contributed by atoms with van der Waals surface area (Å²) in [5.41, 5.74) is 5.54. The maximum atomic E-state index is 5.54. The number of aromatic nitrogens is 2. The number of hydrogen-bond acceptors (Lipinski definition) is 4. The van der Waals surface area contributed by atoms with Gasteiger partial charge < -0.3 is 10.6 Å². The number of rotatable bonds is 2. The Kier molecular flexibility index (Phi) is 2.86. The summed E-state index contributed by atoms with van der Waals surface area (Å²) in [6.45, 7) is 2.89. The van der Waals surface area contributed by atoms with E-state index in [0.717, 1.165) is 6.54 Å². The van der Waals surface area contributed by atoms with Crippen LogP contribution in [0.1, 0.15) is 6.92 Å². The number of nitrogens with two attached hydrogens (primary N) is 1. The van der Waals surface area contributed by atoms with Crippen LogP contribution >= 0.6 is 15.9 Å². The molecule has 0 unspecified atom stereocenters. The molecule has 0 aliphatic rings. The van der Waals surface area contributed by atoms with Crippen molar-refractivity contribution < 1.29 is 0 Å². The normalized spacial score (nSPS) is 9.92. The van der Waals surface area contributed by atoms with E-state index in [-0.39, 0.29) is 0 Å². The van der Waals surface area contributed by atoms with Crippen LogP contribution in [-0.4, -0.2) is 23.6 Å². The van der Waals surface area contributed by atoms with Crippen molar-refractivity contribution in [3.8, 4) is 0 Å². The molecule has 1 rings (SSSR count). The van der Waals surface area contributed by atoms with Crippen molar-refractivity contribution >= 4 is 27.7 Å². The second kappa shape index (κ2) is 3.71. The van der Waals surface area contributed by atoms with Crippen LogP contribution in [0.5, 0.6) is 0 Å². The molecule has 0 radical (unpaired) electrons. The smallest absolute Gasteiger partial charge is 0.228 e. The quantitative estimate of drug-likeness (QED) is 0.779. The minimum Gasteiger partial charge on any atom is -0.383 e. The first-order chi connectivity index (χ1) is 5.63. The molecule has 5 heteroatoms. The average Bonchev–Trinajstić information content (AvgIpc) is 2.01. The van der Waals surface area contributed by atoms with E-state index in [1.165, 1.54) is 0 Å². The maximum absolute atomic E-state index is 5.54. The van der Waals surface area contributed by atoms with Gasteiger partial charge in [0.2, 0.25) is 5.95 Å². The third kappa shape index (κ3) is 2.07. The van der Waals surface area contributed by atoms with E-state index in [4.69, 9.17) is 5.73 Å². The second-order valence-corrected chi connectivity index (χ2v) is 3.24. The van der Waals surface area contributed by atoms with Gasteiger partial charge in [0.05, 0.1) is 0 Å². The zero-order chi connectivity index (χ0) is 9.14. The molecule has 66 valence electrons. The van der Waals surface area contributed by atoms with Crippen molar-refractivity contribution in [3.05, 3.63) is 10.7 Å². The lowest BCUT2D eigenvalue weighted by atomic mass is 10.6. The van der Waals surface area contributed by atoms with Gasteiger partial charge in [0, 0.05) is 19.7 Å². The van der Waals surface area contributed by atoms with Gasteiger partial charge in [0.1, 0.15) is 10.4 Å². The van der Waals surface area contributed by atoms with Crippen LogP contribution in [0.25, 0.3) is 0 Å². The summed E-state index contributed by atoms with van der Waals surface area (Å²) in [4.78, 5) is 10.1. The molecule has 1 heterocycles. The fraction of sp³-hybridized carbons (Fsp3) is 0.429. The molecule has 4 nitrogen and oxygen atoms in total. The molecule has 0 bridgehead atoms. The number of nitrogen functional groups attached to an aromatic ring is 1. The molecule has 1 aromatic heterocycles. The number of halogens is 1. The van der Waals surface area contributed by atoms with Crippen LogP contribution in [0.2, 0.25) is 0 Å². The molecule has 0 aliphatic carbocycles. The van der Waals surface area contributed by atoms with Crippen molar-refractivity contribution in [1.29, 1.82) is 0 Å². The van der Waals surface area contributed by atoms with E-state index >= 15 is 0 Å². The van der Waals surface area contributed by atoms with E-state index in [9.17, 15) is 0 Å². The lowest BCUT2D eigenvalue weighted by Gasteiger charge is -2.14. The summed E-state index contributed by atoms with van der Waals surface area (Å²) in [6.07, 6.45) is 0. The summed E-state index contributed by atoms with van der Waals surface area (Å²) in [5, 5.41) is 0. The molecule has 0 aliphatic heterocycles. The monoisotopic (exact) mass is 230 g/mol. The molecule has 0 saturated carbocycles. The Bertz CT molecular complexity index is 256. The number of nitrogens with zero attached hydrogens (tertiary/aromatic N) is 3. The van der Waals surface area contributed by atoms with Gasteiger partial charge >= 0.3 is 0 Å². The first kappa shape index (κ1) is 9.25. The van der Waals surface area contributed by atoms with Gasteiger partial charge in [-0.3, -0.25) is 0 Å². The highest BCUT2D eigenvalue weighted by atomic mass is 79.9. The molecule has 0 atom stereocenters.